The quantitative estimate of drug-likeness (QED) is 0.669. The van der Waals surface area contributed by atoms with E-state index in [2.05, 4.69) is 18.8 Å². The molecule has 0 spiro atoms. The fourth-order valence-electron chi connectivity index (χ4n) is 1.73. The summed E-state index contributed by atoms with van der Waals surface area (Å²) in [6.07, 6.45) is 2.01. The summed E-state index contributed by atoms with van der Waals surface area (Å²) in [5.41, 5.74) is 1.05. The van der Waals surface area contributed by atoms with E-state index in [0.717, 1.165) is 31.5 Å². The zero-order valence-electron chi connectivity index (χ0n) is 9.18. The molecule has 0 aromatic carbocycles. The van der Waals surface area contributed by atoms with Crippen molar-refractivity contribution in [2.75, 3.05) is 19.6 Å². The molecule has 1 unspecified atom stereocenters. The molecule has 80 valence electrons. The molecule has 14 heavy (non-hydrogen) atoms. The van der Waals surface area contributed by atoms with E-state index >= 15 is 0 Å². The van der Waals surface area contributed by atoms with Crippen molar-refractivity contribution in [2.24, 2.45) is 0 Å². The van der Waals surface area contributed by atoms with E-state index in [-0.39, 0.29) is 11.9 Å². The van der Waals surface area contributed by atoms with Crippen molar-refractivity contribution in [2.45, 2.75) is 32.7 Å². The molecule has 0 aromatic rings. The SMILES string of the molecule is C=C(C)CN1CCC(NCCC)C1=O. The van der Waals surface area contributed by atoms with Gasteiger partial charge in [-0.25, -0.2) is 0 Å². The number of carbonyl (C=O) groups is 1. The van der Waals surface area contributed by atoms with Gasteiger partial charge in [-0.3, -0.25) is 4.79 Å². The van der Waals surface area contributed by atoms with E-state index in [1.165, 1.54) is 0 Å². The van der Waals surface area contributed by atoms with Gasteiger partial charge in [-0.2, -0.15) is 0 Å². The molecular formula is C11H20N2O. The Morgan fingerprint density at radius 3 is 3.00 bits per heavy atom. The van der Waals surface area contributed by atoms with Crippen molar-refractivity contribution in [3.05, 3.63) is 12.2 Å². The van der Waals surface area contributed by atoms with Gasteiger partial charge in [0.25, 0.3) is 0 Å². The molecule has 1 fully saturated rings. The van der Waals surface area contributed by atoms with Gasteiger partial charge in [-0.1, -0.05) is 19.1 Å². The van der Waals surface area contributed by atoms with Crippen molar-refractivity contribution in [1.29, 1.82) is 0 Å². The van der Waals surface area contributed by atoms with Crippen LogP contribution in [0.1, 0.15) is 26.7 Å². The molecule has 0 saturated carbocycles. The normalized spacial score (nSPS) is 21.7. The largest absolute Gasteiger partial charge is 0.337 e. The first-order valence-electron chi connectivity index (χ1n) is 5.31. The van der Waals surface area contributed by atoms with Crippen LogP contribution < -0.4 is 5.32 Å². The van der Waals surface area contributed by atoms with Gasteiger partial charge >= 0.3 is 0 Å². The van der Waals surface area contributed by atoms with Gasteiger partial charge in [0, 0.05) is 13.1 Å². The van der Waals surface area contributed by atoms with Gasteiger partial charge < -0.3 is 10.2 Å². The first kappa shape index (κ1) is 11.2. The lowest BCUT2D eigenvalue weighted by atomic mass is 10.2. The lowest BCUT2D eigenvalue weighted by molar-refractivity contribution is -0.129. The molecule has 1 amide bonds. The average molecular weight is 196 g/mol. The highest BCUT2D eigenvalue weighted by Gasteiger charge is 2.30. The molecule has 0 radical (unpaired) electrons. The van der Waals surface area contributed by atoms with E-state index < -0.39 is 0 Å². The van der Waals surface area contributed by atoms with Crippen LogP contribution in [0.3, 0.4) is 0 Å². The van der Waals surface area contributed by atoms with Gasteiger partial charge in [-0.15, -0.1) is 0 Å². The lowest BCUT2D eigenvalue weighted by Crippen LogP contribution is -2.39. The van der Waals surface area contributed by atoms with Gasteiger partial charge in [0.05, 0.1) is 6.04 Å². The van der Waals surface area contributed by atoms with E-state index in [1.54, 1.807) is 0 Å². The molecule has 1 aliphatic rings. The fourth-order valence-corrected chi connectivity index (χ4v) is 1.73. The summed E-state index contributed by atoms with van der Waals surface area (Å²) in [5, 5.41) is 3.26. The summed E-state index contributed by atoms with van der Waals surface area (Å²) in [4.78, 5) is 13.7. The minimum Gasteiger partial charge on any atom is -0.337 e. The second-order valence-corrected chi connectivity index (χ2v) is 4.01. The third kappa shape index (κ3) is 2.84. The van der Waals surface area contributed by atoms with Crippen LogP contribution in [0, 0.1) is 0 Å². The molecule has 3 nitrogen and oxygen atoms in total. The zero-order valence-corrected chi connectivity index (χ0v) is 9.18. The van der Waals surface area contributed by atoms with Gasteiger partial charge in [0.2, 0.25) is 5.91 Å². The number of nitrogens with one attached hydrogen (secondary N) is 1. The average Bonchev–Trinajstić information content (AvgIpc) is 2.45. The summed E-state index contributed by atoms with van der Waals surface area (Å²) < 4.78 is 0. The van der Waals surface area contributed by atoms with Crippen LogP contribution in [0.5, 0.6) is 0 Å². The maximum Gasteiger partial charge on any atom is 0.240 e. The summed E-state index contributed by atoms with van der Waals surface area (Å²) in [5.74, 6) is 0.237. The summed E-state index contributed by atoms with van der Waals surface area (Å²) >= 11 is 0. The lowest BCUT2D eigenvalue weighted by Gasteiger charge is -2.16. The maximum atomic E-state index is 11.8. The molecule has 1 saturated heterocycles. The number of nitrogens with zero attached hydrogens (tertiary/aromatic N) is 1. The summed E-state index contributed by atoms with van der Waals surface area (Å²) in [6, 6.07) is 0.0503. The Morgan fingerprint density at radius 1 is 1.71 bits per heavy atom. The Labute approximate surface area is 86.2 Å². The Bertz CT molecular complexity index is 225. The predicted molar refractivity (Wildman–Crippen MR) is 58.1 cm³/mol. The third-order valence-corrected chi connectivity index (χ3v) is 2.40. The van der Waals surface area contributed by atoms with Crippen LogP contribution in [0.4, 0.5) is 0 Å². The molecule has 0 aliphatic carbocycles. The molecule has 1 N–H and O–H groups in total. The van der Waals surface area contributed by atoms with E-state index in [0.29, 0.717) is 6.54 Å². The van der Waals surface area contributed by atoms with E-state index in [9.17, 15) is 4.79 Å². The highest BCUT2D eigenvalue weighted by Crippen LogP contribution is 2.12. The Morgan fingerprint density at radius 2 is 2.43 bits per heavy atom. The Kier molecular flexibility index (Phi) is 4.14. The molecule has 0 bridgehead atoms. The van der Waals surface area contributed by atoms with Crippen LogP contribution in [0.2, 0.25) is 0 Å². The van der Waals surface area contributed by atoms with Crippen LogP contribution in [0.25, 0.3) is 0 Å². The zero-order chi connectivity index (χ0) is 10.6. The van der Waals surface area contributed by atoms with Gasteiger partial charge in [0.1, 0.15) is 0 Å². The Balaban J connectivity index is 2.39. The maximum absolute atomic E-state index is 11.8. The molecule has 1 rings (SSSR count). The fraction of sp³-hybridized carbons (Fsp3) is 0.727. The van der Waals surface area contributed by atoms with Crippen molar-refractivity contribution < 1.29 is 4.79 Å². The molecule has 0 aromatic heterocycles. The van der Waals surface area contributed by atoms with Crippen LogP contribution >= 0.6 is 0 Å². The minimum atomic E-state index is 0.0503. The second kappa shape index (κ2) is 5.15. The smallest absolute Gasteiger partial charge is 0.240 e. The van der Waals surface area contributed by atoms with Gasteiger partial charge in [-0.05, 0) is 26.3 Å². The van der Waals surface area contributed by atoms with Crippen molar-refractivity contribution >= 4 is 5.91 Å². The number of amides is 1. The Hall–Kier alpha value is -0.830. The third-order valence-electron chi connectivity index (χ3n) is 2.40. The number of rotatable bonds is 5. The first-order chi connectivity index (χ1) is 6.65. The number of hydrogen-bond donors (Lipinski definition) is 1. The number of hydrogen-bond acceptors (Lipinski definition) is 2. The minimum absolute atomic E-state index is 0.0503. The highest BCUT2D eigenvalue weighted by molar-refractivity contribution is 5.84. The monoisotopic (exact) mass is 196 g/mol. The van der Waals surface area contributed by atoms with Crippen LogP contribution in [-0.4, -0.2) is 36.5 Å². The standard InChI is InChI=1S/C11H20N2O/c1-4-6-12-10-5-7-13(11(10)14)8-9(2)3/h10,12H,2,4-8H2,1,3H3. The van der Waals surface area contributed by atoms with E-state index in [1.807, 2.05) is 11.8 Å². The first-order valence-corrected chi connectivity index (χ1v) is 5.31. The second-order valence-electron chi connectivity index (χ2n) is 4.01. The molecule has 1 heterocycles. The number of carbonyl (C=O) groups excluding carboxylic acids is 1. The van der Waals surface area contributed by atoms with Crippen molar-refractivity contribution in [3.8, 4) is 0 Å². The molecule has 3 heteroatoms. The topological polar surface area (TPSA) is 32.3 Å². The molecular weight excluding hydrogens is 176 g/mol. The molecule has 1 atom stereocenters. The van der Waals surface area contributed by atoms with Crippen LogP contribution in [0.15, 0.2) is 12.2 Å². The van der Waals surface area contributed by atoms with Crippen LogP contribution in [-0.2, 0) is 4.79 Å². The highest BCUT2D eigenvalue weighted by atomic mass is 16.2. The molecule has 1 aliphatic heterocycles. The van der Waals surface area contributed by atoms with Crippen molar-refractivity contribution in [1.82, 2.24) is 10.2 Å². The number of likely N-dealkylation sites (tertiary alicyclic amines) is 1. The predicted octanol–water partition coefficient (Wildman–Crippen LogP) is 1.16. The van der Waals surface area contributed by atoms with Gasteiger partial charge in [0.15, 0.2) is 0 Å². The van der Waals surface area contributed by atoms with E-state index in [4.69, 9.17) is 0 Å². The van der Waals surface area contributed by atoms with Crippen molar-refractivity contribution in [3.63, 3.8) is 0 Å². The summed E-state index contributed by atoms with van der Waals surface area (Å²) in [6.45, 7) is 10.4. The summed E-state index contributed by atoms with van der Waals surface area (Å²) in [7, 11) is 0.